The maximum absolute atomic E-state index is 9.81. The van der Waals surface area contributed by atoms with E-state index in [2.05, 4.69) is 11.1 Å². The fourth-order valence-corrected chi connectivity index (χ4v) is 4.01. The van der Waals surface area contributed by atoms with Gasteiger partial charge in [-0.05, 0) is 17.1 Å². The molecule has 2 heterocycles. The quantitative estimate of drug-likeness (QED) is 0.531. The number of hydrogen-bond donors (Lipinski definition) is 1. The molecule has 1 unspecified atom stereocenters. The first-order valence-electron chi connectivity index (χ1n) is 8.88. The number of fused-ring (bicyclic) bond motifs is 3. The summed E-state index contributed by atoms with van der Waals surface area (Å²) in [6, 6.07) is 13.4. The number of aromatic nitrogens is 1. The molecule has 2 N–H and O–H groups in total. The number of nitrogens with zero attached hydrogens (tertiary/aromatic N) is 2. The fraction of sp³-hybridized carbons (Fsp3) is 0.143. The van der Waals surface area contributed by atoms with Crippen LogP contribution >= 0.6 is 11.6 Å². The van der Waals surface area contributed by atoms with Crippen molar-refractivity contribution in [2.24, 2.45) is 5.73 Å². The van der Waals surface area contributed by atoms with Crippen molar-refractivity contribution >= 4 is 35.7 Å². The van der Waals surface area contributed by atoms with Crippen molar-refractivity contribution in [3.05, 3.63) is 64.3 Å². The normalized spacial score (nSPS) is 15.4. The standard InChI is InChI=1S/C21H17BClN3O3/c1-27-15-8-10(7-14(22)19(15)28-2)16-13(9-24)21(25)29-18-11-5-3-4-6-12(11)20(23)26-17(16)18/h3-8,16H,22,25H2,1-2H3. The molecule has 4 rings (SSSR count). The highest BCUT2D eigenvalue weighted by Crippen LogP contribution is 2.46. The van der Waals surface area contributed by atoms with Gasteiger partial charge in [-0.15, -0.1) is 0 Å². The molecule has 0 aliphatic carbocycles. The van der Waals surface area contributed by atoms with E-state index < -0.39 is 5.92 Å². The van der Waals surface area contributed by atoms with Crippen molar-refractivity contribution < 1.29 is 14.2 Å². The minimum atomic E-state index is -0.552. The highest BCUT2D eigenvalue weighted by atomic mass is 35.5. The third kappa shape index (κ3) is 2.93. The Bertz CT molecular complexity index is 1220. The van der Waals surface area contributed by atoms with E-state index in [4.69, 9.17) is 31.5 Å². The molecule has 1 aliphatic heterocycles. The van der Waals surface area contributed by atoms with Crippen LogP contribution in [0.1, 0.15) is 17.2 Å². The molecule has 1 aliphatic rings. The van der Waals surface area contributed by atoms with Crippen molar-refractivity contribution in [1.82, 2.24) is 4.98 Å². The summed E-state index contributed by atoms with van der Waals surface area (Å²) in [7, 11) is 5.06. The first kappa shape index (κ1) is 19.0. The second-order valence-electron chi connectivity index (χ2n) is 6.66. The molecule has 0 spiro atoms. The fourth-order valence-electron chi connectivity index (χ4n) is 3.76. The Balaban J connectivity index is 2.04. The van der Waals surface area contributed by atoms with E-state index in [-0.39, 0.29) is 11.5 Å². The zero-order chi connectivity index (χ0) is 20.7. The van der Waals surface area contributed by atoms with Gasteiger partial charge in [-0.25, -0.2) is 4.98 Å². The minimum absolute atomic E-state index is 0.0479. The molecule has 1 aromatic heterocycles. The molecule has 0 saturated heterocycles. The lowest BCUT2D eigenvalue weighted by Gasteiger charge is -2.27. The van der Waals surface area contributed by atoms with Gasteiger partial charge in [-0.2, -0.15) is 5.26 Å². The third-order valence-corrected chi connectivity index (χ3v) is 5.31. The molecule has 0 bridgehead atoms. The molecule has 0 radical (unpaired) electrons. The van der Waals surface area contributed by atoms with E-state index in [0.29, 0.717) is 28.1 Å². The zero-order valence-electron chi connectivity index (χ0n) is 16.1. The number of benzene rings is 2. The summed E-state index contributed by atoms with van der Waals surface area (Å²) in [4.78, 5) is 4.59. The molecule has 8 heteroatoms. The summed E-state index contributed by atoms with van der Waals surface area (Å²) in [5.74, 6) is 1.18. The summed E-state index contributed by atoms with van der Waals surface area (Å²) in [6.07, 6.45) is 0. The average Bonchev–Trinajstić information content (AvgIpc) is 2.73. The van der Waals surface area contributed by atoms with Crippen molar-refractivity contribution in [2.45, 2.75) is 5.92 Å². The highest BCUT2D eigenvalue weighted by Gasteiger charge is 2.34. The van der Waals surface area contributed by atoms with Crippen LogP contribution in [0.5, 0.6) is 17.2 Å². The van der Waals surface area contributed by atoms with Gasteiger partial charge in [0.05, 0.1) is 25.8 Å². The van der Waals surface area contributed by atoms with Gasteiger partial charge in [0, 0.05) is 10.8 Å². The van der Waals surface area contributed by atoms with Gasteiger partial charge in [-0.3, -0.25) is 0 Å². The molecule has 6 nitrogen and oxygen atoms in total. The summed E-state index contributed by atoms with van der Waals surface area (Å²) < 4.78 is 16.8. The van der Waals surface area contributed by atoms with Crippen LogP contribution in [0, 0.1) is 11.3 Å². The van der Waals surface area contributed by atoms with E-state index in [9.17, 15) is 5.26 Å². The molecule has 3 aromatic rings. The van der Waals surface area contributed by atoms with Gasteiger partial charge in [-0.1, -0.05) is 41.9 Å². The largest absolute Gasteiger partial charge is 0.493 e. The minimum Gasteiger partial charge on any atom is -0.493 e. The van der Waals surface area contributed by atoms with E-state index in [1.165, 1.54) is 0 Å². The number of allylic oxidation sites excluding steroid dienone is 1. The maximum Gasteiger partial charge on any atom is 0.205 e. The number of methoxy groups -OCH3 is 2. The Kier molecular flexibility index (Phi) is 4.73. The Morgan fingerprint density at radius 3 is 2.59 bits per heavy atom. The van der Waals surface area contributed by atoms with Crippen LogP contribution in [-0.2, 0) is 0 Å². The van der Waals surface area contributed by atoms with Crippen LogP contribution < -0.4 is 25.4 Å². The smallest absolute Gasteiger partial charge is 0.205 e. The molecule has 0 saturated carbocycles. The monoisotopic (exact) mass is 405 g/mol. The van der Waals surface area contributed by atoms with Crippen LogP contribution in [0.3, 0.4) is 0 Å². The average molecular weight is 406 g/mol. The summed E-state index contributed by atoms with van der Waals surface area (Å²) >= 11 is 6.47. The van der Waals surface area contributed by atoms with Crippen molar-refractivity contribution in [1.29, 1.82) is 5.26 Å². The molecular weight excluding hydrogens is 389 g/mol. The number of rotatable bonds is 3. The van der Waals surface area contributed by atoms with Gasteiger partial charge >= 0.3 is 0 Å². The van der Waals surface area contributed by atoms with Gasteiger partial charge in [0.15, 0.2) is 17.2 Å². The number of hydrogen-bond acceptors (Lipinski definition) is 6. The summed E-state index contributed by atoms with van der Waals surface area (Å²) in [6.45, 7) is 0. The molecule has 29 heavy (non-hydrogen) atoms. The van der Waals surface area contributed by atoms with E-state index in [1.54, 1.807) is 14.2 Å². The van der Waals surface area contributed by atoms with Crippen molar-refractivity contribution in [3.63, 3.8) is 0 Å². The van der Waals surface area contributed by atoms with E-state index >= 15 is 0 Å². The summed E-state index contributed by atoms with van der Waals surface area (Å²) in [5.41, 5.74) is 8.58. The number of halogens is 1. The number of ether oxygens (including phenoxy) is 3. The van der Waals surface area contributed by atoms with Gasteiger partial charge in [0.2, 0.25) is 5.88 Å². The molecule has 0 amide bonds. The highest BCUT2D eigenvalue weighted by molar-refractivity contribution is 6.35. The lowest BCUT2D eigenvalue weighted by atomic mass is 9.82. The Labute approximate surface area is 173 Å². The van der Waals surface area contributed by atoms with Crippen LogP contribution in [0.4, 0.5) is 0 Å². The molecule has 1 atom stereocenters. The third-order valence-electron chi connectivity index (χ3n) is 5.03. The van der Waals surface area contributed by atoms with Crippen LogP contribution in [0.25, 0.3) is 10.8 Å². The predicted octanol–water partition coefficient (Wildman–Crippen LogP) is 2.38. The number of pyridine rings is 1. The Hall–Kier alpha value is -3.37. The second kappa shape index (κ2) is 7.23. The van der Waals surface area contributed by atoms with Crippen LogP contribution in [-0.4, -0.2) is 27.0 Å². The SMILES string of the molecule is Bc1cc(C2C(C#N)=C(N)Oc3c2nc(Cl)c2ccccc32)cc(OC)c1OC. The number of nitrogens with two attached hydrogens (primary N) is 1. The first-order chi connectivity index (χ1) is 14.0. The lowest BCUT2D eigenvalue weighted by molar-refractivity contribution is 0.356. The Morgan fingerprint density at radius 1 is 1.21 bits per heavy atom. The molecule has 144 valence electrons. The second-order valence-corrected chi connectivity index (χ2v) is 7.02. The van der Waals surface area contributed by atoms with Crippen LogP contribution in [0.15, 0.2) is 47.9 Å². The maximum atomic E-state index is 9.81. The van der Waals surface area contributed by atoms with Crippen molar-refractivity contribution in [3.8, 4) is 23.3 Å². The van der Waals surface area contributed by atoms with Gasteiger partial charge in [0.1, 0.15) is 24.6 Å². The molecule has 2 aromatic carbocycles. The lowest BCUT2D eigenvalue weighted by Crippen LogP contribution is -2.23. The van der Waals surface area contributed by atoms with Crippen molar-refractivity contribution in [2.75, 3.05) is 14.2 Å². The van der Waals surface area contributed by atoms with Gasteiger partial charge in [0.25, 0.3) is 0 Å². The van der Waals surface area contributed by atoms with Gasteiger partial charge < -0.3 is 19.9 Å². The van der Waals surface area contributed by atoms with E-state index in [1.807, 2.05) is 44.2 Å². The Morgan fingerprint density at radius 2 is 1.93 bits per heavy atom. The summed E-state index contributed by atoms with van der Waals surface area (Å²) in [5, 5.41) is 11.7. The molecular formula is C21H17BClN3O3. The molecule has 0 fully saturated rings. The van der Waals surface area contributed by atoms with E-state index in [0.717, 1.165) is 21.8 Å². The zero-order valence-corrected chi connectivity index (χ0v) is 16.9. The van der Waals surface area contributed by atoms with Crippen LogP contribution in [0.2, 0.25) is 5.15 Å². The topological polar surface area (TPSA) is 90.4 Å². The first-order valence-corrected chi connectivity index (χ1v) is 9.26. The number of nitriles is 1. The predicted molar refractivity (Wildman–Crippen MR) is 114 cm³/mol.